The quantitative estimate of drug-likeness (QED) is 0.436. The van der Waals surface area contributed by atoms with E-state index in [2.05, 4.69) is 10.3 Å². The van der Waals surface area contributed by atoms with Crippen LogP contribution in [0.2, 0.25) is 0 Å². The summed E-state index contributed by atoms with van der Waals surface area (Å²) in [5, 5.41) is 2.82. The van der Waals surface area contributed by atoms with Gasteiger partial charge in [-0.05, 0) is 50.5 Å². The Morgan fingerprint density at radius 2 is 2.03 bits per heavy atom. The zero-order chi connectivity index (χ0) is 20.5. The number of benzene rings is 2. The predicted molar refractivity (Wildman–Crippen MR) is 114 cm³/mol. The average Bonchev–Trinajstić information content (AvgIpc) is 3.17. The van der Waals surface area contributed by atoms with Crippen molar-refractivity contribution in [3.05, 3.63) is 53.3 Å². The molecule has 0 atom stereocenters. The molecule has 0 radical (unpaired) electrons. The molecule has 7 heteroatoms. The third-order valence-electron chi connectivity index (χ3n) is 4.40. The Morgan fingerprint density at radius 1 is 1.17 bits per heavy atom. The summed E-state index contributed by atoms with van der Waals surface area (Å²) in [5.74, 6) is -0.568. The first-order chi connectivity index (χ1) is 14.2. The van der Waals surface area contributed by atoms with Gasteiger partial charge in [0.15, 0.2) is 11.6 Å². The van der Waals surface area contributed by atoms with Gasteiger partial charge >= 0.3 is 0 Å². The lowest BCUT2D eigenvalue weighted by Gasteiger charge is -2.11. The molecule has 0 aliphatic carbocycles. The van der Waals surface area contributed by atoms with Crippen LogP contribution in [0.25, 0.3) is 10.2 Å². The molecule has 1 amide bonds. The molecule has 3 rings (SSSR count). The van der Waals surface area contributed by atoms with E-state index in [4.69, 9.17) is 9.47 Å². The first-order valence-corrected chi connectivity index (χ1v) is 10.7. The number of halogens is 1. The fourth-order valence-electron chi connectivity index (χ4n) is 2.92. The number of amides is 1. The summed E-state index contributed by atoms with van der Waals surface area (Å²) in [7, 11) is 0. The number of thiazole rings is 1. The van der Waals surface area contributed by atoms with Gasteiger partial charge in [-0.25, -0.2) is 9.37 Å². The third kappa shape index (κ3) is 6.24. The SMILES string of the molecule is CCOCCCCCOc1cccc(CC(=O)Nc2ccc3ncsc3c2)c1F. The molecule has 0 spiro atoms. The molecule has 3 aromatic rings. The van der Waals surface area contributed by atoms with Crippen LogP contribution in [0, 0.1) is 5.82 Å². The fraction of sp³-hybridized carbons (Fsp3) is 0.364. The van der Waals surface area contributed by atoms with Crippen molar-refractivity contribution < 1.29 is 18.7 Å². The van der Waals surface area contributed by atoms with E-state index in [0.29, 0.717) is 17.9 Å². The summed E-state index contributed by atoms with van der Waals surface area (Å²) in [6.45, 7) is 3.87. The van der Waals surface area contributed by atoms with Gasteiger partial charge in [0, 0.05) is 24.5 Å². The van der Waals surface area contributed by atoms with Crippen molar-refractivity contribution in [3.8, 4) is 5.75 Å². The number of hydrogen-bond acceptors (Lipinski definition) is 5. The second-order valence-corrected chi connectivity index (χ2v) is 7.48. The molecule has 0 aliphatic rings. The summed E-state index contributed by atoms with van der Waals surface area (Å²) in [4.78, 5) is 16.6. The molecule has 1 N–H and O–H groups in total. The monoisotopic (exact) mass is 416 g/mol. The first kappa shape index (κ1) is 21.2. The summed E-state index contributed by atoms with van der Waals surface area (Å²) in [5.41, 5.74) is 3.64. The Morgan fingerprint density at radius 3 is 2.90 bits per heavy atom. The minimum Gasteiger partial charge on any atom is -0.491 e. The minimum absolute atomic E-state index is 0.0574. The normalized spacial score (nSPS) is 11.0. The molecule has 0 fully saturated rings. The molecule has 0 saturated heterocycles. The summed E-state index contributed by atoms with van der Waals surface area (Å²) in [6, 6.07) is 10.4. The van der Waals surface area contributed by atoms with Crippen LogP contribution in [0.4, 0.5) is 10.1 Å². The molecule has 0 unspecified atom stereocenters. The zero-order valence-electron chi connectivity index (χ0n) is 16.4. The Labute approximate surface area is 173 Å². The minimum atomic E-state index is -0.477. The molecular weight excluding hydrogens is 391 g/mol. The van der Waals surface area contributed by atoms with E-state index in [0.717, 1.165) is 42.7 Å². The lowest BCUT2D eigenvalue weighted by molar-refractivity contribution is -0.115. The molecule has 1 aromatic heterocycles. The maximum Gasteiger partial charge on any atom is 0.228 e. The van der Waals surface area contributed by atoms with Crippen LogP contribution < -0.4 is 10.1 Å². The van der Waals surface area contributed by atoms with E-state index in [1.54, 1.807) is 29.8 Å². The van der Waals surface area contributed by atoms with Gasteiger partial charge in [-0.3, -0.25) is 4.79 Å². The van der Waals surface area contributed by atoms with Crippen LogP contribution in [0.1, 0.15) is 31.7 Å². The van der Waals surface area contributed by atoms with E-state index < -0.39 is 5.82 Å². The number of aromatic nitrogens is 1. The number of anilines is 1. The maximum atomic E-state index is 14.7. The molecule has 29 heavy (non-hydrogen) atoms. The van der Waals surface area contributed by atoms with Gasteiger partial charge in [0.05, 0.1) is 28.8 Å². The topological polar surface area (TPSA) is 60.5 Å². The van der Waals surface area contributed by atoms with Crippen LogP contribution in [0.3, 0.4) is 0 Å². The number of fused-ring (bicyclic) bond motifs is 1. The Balaban J connectivity index is 1.51. The molecule has 1 heterocycles. The van der Waals surface area contributed by atoms with Crippen LogP contribution in [-0.4, -0.2) is 30.7 Å². The summed E-state index contributed by atoms with van der Waals surface area (Å²) < 4.78 is 26.5. The van der Waals surface area contributed by atoms with Crippen LogP contribution in [0.15, 0.2) is 41.9 Å². The van der Waals surface area contributed by atoms with Crippen molar-refractivity contribution in [1.82, 2.24) is 4.98 Å². The zero-order valence-corrected chi connectivity index (χ0v) is 17.3. The second kappa shape index (κ2) is 10.9. The highest BCUT2D eigenvalue weighted by Gasteiger charge is 2.13. The van der Waals surface area contributed by atoms with Gasteiger partial charge in [-0.15, -0.1) is 11.3 Å². The summed E-state index contributed by atoms with van der Waals surface area (Å²) >= 11 is 1.51. The molecule has 0 aliphatic heterocycles. The van der Waals surface area contributed by atoms with Crippen LogP contribution in [-0.2, 0) is 16.0 Å². The number of ether oxygens (including phenoxy) is 2. The van der Waals surface area contributed by atoms with Crippen molar-refractivity contribution in [3.63, 3.8) is 0 Å². The molecule has 2 aromatic carbocycles. The predicted octanol–water partition coefficient (Wildman–Crippen LogP) is 5.20. The van der Waals surface area contributed by atoms with Crippen molar-refractivity contribution in [2.75, 3.05) is 25.1 Å². The molecule has 154 valence electrons. The van der Waals surface area contributed by atoms with Crippen LogP contribution in [0.5, 0.6) is 5.75 Å². The molecule has 5 nitrogen and oxygen atoms in total. The van der Waals surface area contributed by atoms with Gasteiger partial charge in [0.1, 0.15) is 0 Å². The number of hydrogen-bond donors (Lipinski definition) is 1. The molecule has 0 saturated carbocycles. The van der Waals surface area contributed by atoms with E-state index in [1.165, 1.54) is 11.3 Å². The smallest absolute Gasteiger partial charge is 0.228 e. The van der Waals surface area contributed by atoms with E-state index in [1.807, 2.05) is 19.1 Å². The number of nitrogens with one attached hydrogen (secondary N) is 1. The van der Waals surface area contributed by atoms with Gasteiger partial charge in [0.25, 0.3) is 0 Å². The number of rotatable bonds is 11. The number of carbonyl (C=O) groups is 1. The van der Waals surface area contributed by atoms with Crippen molar-refractivity contribution in [1.29, 1.82) is 0 Å². The van der Waals surface area contributed by atoms with Crippen molar-refractivity contribution >= 4 is 33.1 Å². The Hall–Kier alpha value is -2.51. The van der Waals surface area contributed by atoms with Gasteiger partial charge in [0.2, 0.25) is 5.91 Å². The summed E-state index contributed by atoms with van der Waals surface area (Å²) in [6.07, 6.45) is 2.70. The molecule has 0 bridgehead atoms. The lowest BCUT2D eigenvalue weighted by atomic mass is 10.1. The Bertz CT molecular complexity index is 945. The van der Waals surface area contributed by atoms with E-state index >= 15 is 0 Å². The average molecular weight is 417 g/mol. The number of nitrogens with zero attached hydrogens (tertiary/aromatic N) is 1. The van der Waals surface area contributed by atoms with Crippen molar-refractivity contribution in [2.45, 2.75) is 32.6 Å². The number of unbranched alkanes of at least 4 members (excludes halogenated alkanes) is 2. The highest BCUT2D eigenvalue weighted by atomic mass is 32.1. The third-order valence-corrected chi connectivity index (χ3v) is 5.20. The second-order valence-electron chi connectivity index (χ2n) is 6.60. The van der Waals surface area contributed by atoms with Gasteiger partial charge < -0.3 is 14.8 Å². The Kier molecular flexibility index (Phi) is 7.95. The standard InChI is InChI=1S/C22H25FN2O3S/c1-2-27-11-4-3-5-12-28-19-8-6-7-16(22(19)23)13-21(26)25-17-9-10-18-20(14-17)29-15-24-18/h6-10,14-15H,2-5,11-13H2,1H3,(H,25,26). The van der Waals surface area contributed by atoms with E-state index in [9.17, 15) is 9.18 Å². The van der Waals surface area contributed by atoms with Crippen LogP contribution >= 0.6 is 11.3 Å². The van der Waals surface area contributed by atoms with Gasteiger partial charge in [-0.1, -0.05) is 12.1 Å². The number of carbonyl (C=O) groups excluding carboxylic acids is 1. The maximum absolute atomic E-state index is 14.7. The largest absolute Gasteiger partial charge is 0.491 e. The highest BCUT2D eigenvalue weighted by Crippen LogP contribution is 2.24. The van der Waals surface area contributed by atoms with E-state index in [-0.39, 0.29) is 18.1 Å². The first-order valence-electron chi connectivity index (χ1n) is 9.78. The molecular formula is C22H25FN2O3S. The lowest BCUT2D eigenvalue weighted by Crippen LogP contribution is -2.15. The highest BCUT2D eigenvalue weighted by molar-refractivity contribution is 7.16. The fourth-order valence-corrected chi connectivity index (χ4v) is 3.64. The van der Waals surface area contributed by atoms with Gasteiger partial charge in [-0.2, -0.15) is 0 Å². The van der Waals surface area contributed by atoms with Crippen molar-refractivity contribution in [2.24, 2.45) is 0 Å².